The lowest BCUT2D eigenvalue weighted by Gasteiger charge is -2.41. The van der Waals surface area contributed by atoms with Crippen LogP contribution < -0.4 is 5.32 Å². The molecule has 1 atom stereocenters. The minimum atomic E-state index is -0.0781. The summed E-state index contributed by atoms with van der Waals surface area (Å²) in [6, 6.07) is 14.0. The molecule has 132 valence electrons. The van der Waals surface area contributed by atoms with E-state index in [9.17, 15) is 4.79 Å². The van der Waals surface area contributed by atoms with Crippen molar-refractivity contribution in [3.63, 3.8) is 0 Å². The average molecular weight is 358 g/mol. The van der Waals surface area contributed by atoms with Crippen molar-refractivity contribution in [1.82, 2.24) is 15.2 Å². The first kappa shape index (κ1) is 17.9. The number of nitrogens with one attached hydrogen (secondary N) is 1. The van der Waals surface area contributed by atoms with Gasteiger partial charge in [-0.05, 0) is 49.2 Å². The van der Waals surface area contributed by atoms with Gasteiger partial charge in [0.2, 0.25) is 5.91 Å². The second-order valence-corrected chi connectivity index (χ2v) is 7.24. The number of rotatable bonds is 6. The smallest absolute Gasteiger partial charge is 0.222 e. The lowest BCUT2D eigenvalue weighted by Crippen LogP contribution is -2.48. The van der Waals surface area contributed by atoms with Gasteiger partial charge >= 0.3 is 0 Å². The van der Waals surface area contributed by atoms with E-state index in [4.69, 9.17) is 11.6 Å². The Bertz CT molecular complexity index is 722. The number of likely N-dealkylation sites (tertiary alicyclic amines) is 1. The van der Waals surface area contributed by atoms with Crippen LogP contribution in [0.15, 0.2) is 48.7 Å². The van der Waals surface area contributed by atoms with Gasteiger partial charge in [0.15, 0.2) is 0 Å². The maximum absolute atomic E-state index is 11.9. The van der Waals surface area contributed by atoms with Gasteiger partial charge in [-0.25, -0.2) is 0 Å². The number of hydrogen-bond donors (Lipinski definition) is 1. The predicted molar refractivity (Wildman–Crippen MR) is 101 cm³/mol. The molecular weight excluding hydrogens is 334 g/mol. The summed E-state index contributed by atoms with van der Waals surface area (Å²) >= 11 is 6.04. The third-order valence-corrected chi connectivity index (χ3v) is 5.22. The van der Waals surface area contributed by atoms with Gasteiger partial charge in [0.05, 0.1) is 0 Å². The molecule has 3 rings (SSSR count). The summed E-state index contributed by atoms with van der Waals surface area (Å²) in [6.45, 7) is 2.38. The number of piperidine rings is 1. The number of hydrogen-bond acceptors (Lipinski definition) is 3. The highest BCUT2D eigenvalue weighted by atomic mass is 35.5. The lowest BCUT2D eigenvalue weighted by atomic mass is 9.74. The minimum Gasteiger partial charge on any atom is -0.345 e. The van der Waals surface area contributed by atoms with E-state index in [1.165, 1.54) is 5.56 Å². The number of nitrogens with zero attached hydrogens (tertiary/aromatic N) is 2. The normalized spacial score (nSPS) is 20.7. The monoisotopic (exact) mass is 357 g/mol. The van der Waals surface area contributed by atoms with E-state index in [1.807, 2.05) is 48.5 Å². The zero-order chi connectivity index (χ0) is 17.7. The molecular formula is C20H24ClN3O. The zero-order valence-corrected chi connectivity index (χ0v) is 15.3. The molecule has 1 unspecified atom stereocenters. The molecule has 4 nitrogen and oxygen atoms in total. The molecule has 1 aromatic carbocycles. The van der Waals surface area contributed by atoms with Crippen LogP contribution in [0.1, 0.15) is 30.5 Å². The molecule has 2 heterocycles. The van der Waals surface area contributed by atoms with Crippen molar-refractivity contribution < 1.29 is 4.79 Å². The number of aromatic nitrogens is 1. The van der Waals surface area contributed by atoms with Crippen molar-refractivity contribution in [3.05, 3.63) is 64.9 Å². The topological polar surface area (TPSA) is 45.2 Å². The second-order valence-electron chi connectivity index (χ2n) is 6.80. The minimum absolute atomic E-state index is 0.0781. The summed E-state index contributed by atoms with van der Waals surface area (Å²) in [4.78, 5) is 18.4. The van der Waals surface area contributed by atoms with E-state index in [0.29, 0.717) is 6.42 Å². The number of carbonyl (C=O) groups is 1. The van der Waals surface area contributed by atoms with Gasteiger partial charge in [0, 0.05) is 48.9 Å². The first-order valence-corrected chi connectivity index (χ1v) is 9.07. The van der Waals surface area contributed by atoms with Crippen molar-refractivity contribution in [1.29, 1.82) is 0 Å². The van der Waals surface area contributed by atoms with Crippen LogP contribution in [0.25, 0.3) is 0 Å². The fourth-order valence-electron chi connectivity index (χ4n) is 3.58. The van der Waals surface area contributed by atoms with E-state index >= 15 is 0 Å². The third-order valence-electron chi connectivity index (χ3n) is 4.99. The van der Waals surface area contributed by atoms with Crippen LogP contribution in [-0.4, -0.2) is 35.9 Å². The summed E-state index contributed by atoms with van der Waals surface area (Å²) in [5.41, 5.74) is 2.18. The summed E-state index contributed by atoms with van der Waals surface area (Å²) in [5.74, 6) is 0.221. The summed E-state index contributed by atoms with van der Waals surface area (Å²) in [5, 5.41) is 4.27. The van der Waals surface area contributed by atoms with Crippen molar-refractivity contribution in [2.45, 2.75) is 31.2 Å². The van der Waals surface area contributed by atoms with Gasteiger partial charge in [-0.2, -0.15) is 0 Å². The van der Waals surface area contributed by atoms with Gasteiger partial charge in [-0.3, -0.25) is 9.78 Å². The first-order valence-electron chi connectivity index (χ1n) is 8.70. The summed E-state index contributed by atoms with van der Waals surface area (Å²) < 4.78 is 0. The number of likely N-dealkylation sites (N-methyl/N-ethyl adjacent to an activating group) is 1. The molecule has 5 heteroatoms. The summed E-state index contributed by atoms with van der Waals surface area (Å²) in [7, 11) is 1.89. The largest absolute Gasteiger partial charge is 0.345 e. The molecule has 1 saturated heterocycles. The molecule has 1 N–H and O–H groups in total. The van der Waals surface area contributed by atoms with Crippen molar-refractivity contribution in [2.75, 3.05) is 20.1 Å². The van der Waals surface area contributed by atoms with Crippen LogP contribution in [0.3, 0.4) is 0 Å². The van der Waals surface area contributed by atoms with E-state index < -0.39 is 0 Å². The quantitative estimate of drug-likeness (QED) is 0.806. The Labute approximate surface area is 154 Å². The molecule has 1 aliphatic rings. The molecule has 25 heavy (non-hydrogen) atoms. The highest BCUT2D eigenvalue weighted by Crippen LogP contribution is 2.35. The van der Waals surface area contributed by atoms with Crippen molar-refractivity contribution >= 4 is 17.5 Å². The maximum Gasteiger partial charge on any atom is 0.222 e. The Morgan fingerprint density at radius 2 is 2.16 bits per heavy atom. The number of pyridine rings is 1. The molecule has 0 bridgehead atoms. The second kappa shape index (κ2) is 7.98. The molecule has 1 amide bonds. The first-order chi connectivity index (χ1) is 12.1. The summed E-state index contributed by atoms with van der Waals surface area (Å²) in [6.07, 6.45) is 4.22. The lowest BCUT2D eigenvalue weighted by molar-refractivity contribution is -0.134. The maximum atomic E-state index is 11.9. The van der Waals surface area contributed by atoms with E-state index in [-0.39, 0.29) is 11.3 Å². The zero-order valence-electron chi connectivity index (χ0n) is 14.5. The molecule has 2 aromatic rings. The SMILES string of the molecule is CN1CC(CCNCc2cccc(Cl)c2)(c2ccccn2)CCC1=O. The van der Waals surface area contributed by atoms with Crippen LogP contribution >= 0.6 is 11.6 Å². The molecule has 1 aromatic heterocycles. The Kier molecular flexibility index (Phi) is 5.71. The van der Waals surface area contributed by atoms with Crippen LogP contribution in [0, 0.1) is 0 Å². The van der Waals surface area contributed by atoms with Gasteiger partial charge in [-0.1, -0.05) is 29.8 Å². The highest BCUT2D eigenvalue weighted by Gasteiger charge is 2.39. The molecule has 0 aliphatic carbocycles. The Hall–Kier alpha value is -1.91. The number of halogens is 1. The fraction of sp³-hybridized carbons (Fsp3) is 0.400. The van der Waals surface area contributed by atoms with Crippen LogP contribution in [-0.2, 0) is 16.8 Å². The van der Waals surface area contributed by atoms with Crippen LogP contribution in [0.5, 0.6) is 0 Å². The van der Waals surface area contributed by atoms with Gasteiger partial charge in [0.25, 0.3) is 0 Å². The predicted octanol–water partition coefficient (Wildman–Crippen LogP) is 3.40. The van der Waals surface area contributed by atoms with Crippen molar-refractivity contribution in [3.8, 4) is 0 Å². The average Bonchev–Trinajstić information content (AvgIpc) is 2.63. The molecule has 1 aliphatic heterocycles. The Morgan fingerprint density at radius 1 is 1.28 bits per heavy atom. The van der Waals surface area contributed by atoms with Gasteiger partial charge in [-0.15, -0.1) is 0 Å². The highest BCUT2D eigenvalue weighted by molar-refractivity contribution is 6.30. The molecule has 0 saturated carbocycles. The molecule has 0 radical (unpaired) electrons. The van der Waals surface area contributed by atoms with Crippen LogP contribution in [0.2, 0.25) is 5.02 Å². The molecule has 1 fully saturated rings. The Balaban J connectivity index is 1.65. The molecule has 0 spiro atoms. The number of carbonyl (C=O) groups excluding carboxylic acids is 1. The Morgan fingerprint density at radius 3 is 2.88 bits per heavy atom. The van der Waals surface area contributed by atoms with E-state index in [1.54, 1.807) is 0 Å². The van der Waals surface area contributed by atoms with Crippen molar-refractivity contribution in [2.24, 2.45) is 0 Å². The number of amides is 1. The van der Waals surface area contributed by atoms with Gasteiger partial charge < -0.3 is 10.2 Å². The number of benzene rings is 1. The third kappa shape index (κ3) is 4.39. The van der Waals surface area contributed by atoms with Crippen LogP contribution in [0.4, 0.5) is 0 Å². The fourth-order valence-corrected chi connectivity index (χ4v) is 3.80. The van der Waals surface area contributed by atoms with Gasteiger partial charge in [0.1, 0.15) is 0 Å². The standard InChI is InChI=1S/C20H24ClN3O/c1-24-15-20(9-8-19(24)25,18-7-2-3-11-23-18)10-12-22-14-16-5-4-6-17(21)13-16/h2-7,11,13,22H,8-10,12,14-15H2,1H3. The van der Waals surface area contributed by atoms with E-state index in [2.05, 4.69) is 22.4 Å². The van der Waals surface area contributed by atoms with E-state index in [0.717, 1.165) is 43.2 Å².